The zero-order valence-corrected chi connectivity index (χ0v) is 11.5. The van der Waals surface area contributed by atoms with Gasteiger partial charge in [-0.25, -0.2) is 13.1 Å². The Kier molecular flexibility index (Phi) is 3.55. The van der Waals surface area contributed by atoms with Gasteiger partial charge in [0, 0.05) is 12.1 Å². The van der Waals surface area contributed by atoms with Gasteiger partial charge in [0.2, 0.25) is 0 Å². The van der Waals surface area contributed by atoms with Crippen LogP contribution in [-0.2, 0) is 17.1 Å². The van der Waals surface area contributed by atoms with Crippen LogP contribution in [0.4, 0.5) is 11.6 Å². The van der Waals surface area contributed by atoms with Gasteiger partial charge in [-0.1, -0.05) is 16.7 Å². The molecule has 1 N–H and O–H groups in total. The van der Waals surface area contributed by atoms with Gasteiger partial charge < -0.3 is 0 Å². The van der Waals surface area contributed by atoms with Crippen molar-refractivity contribution in [1.29, 1.82) is 0 Å². The zero-order valence-electron chi connectivity index (χ0n) is 9.89. The molecule has 1 heterocycles. The highest BCUT2D eigenvalue weighted by atomic mass is 35.5. The fourth-order valence-electron chi connectivity index (χ4n) is 1.31. The number of nitrogens with zero attached hydrogens (tertiary/aromatic N) is 5. The Morgan fingerprint density at radius 3 is 2.70 bits per heavy atom. The van der Waals surface area contributed by atoms with Gasteiger partial charge in [-0.05, 0) is 11.3 Å². The number of non-ortho nitro benzene ring substituents is 1. The number of hydrogen-bond donors (Lipinski definition) is 1. The van der Waals surface area contributed by atoms with E-state index in [2.05, 4.69) is 15.4 Å². The molecule has 12 heteroatoms. The molecule has 2 rings (SSSR count). The summed E-state index contributed by atoms with van der Waals surface area (Å²) in [5.74, 6) is -0.268. The standard InChI is InChI=1S/C8H7ClN6O4S/c1-14-11-8(10-13-14)12-20(18,19)7-4-5(15(16)17)2-3-6(7)9/h2-4H,1H3,(H,11,12). The first-order valence-corrected chi connectivity index (χ1v) is 6.86. The Hall–Kier alpha value is -2.27. The van der Waals surface area contributed by atoms with Crippen LogP contribution < -0.4 is 4.72 Å². The first-order chi connectivity index (χ1) is 9.29. The third kappa shape index (κ3) is 2.83. The Bertz CT molecular complexity index is 773. The van der Waals surface area contributed by atoms with E-state index < -0.39 is 25.5 Å². The molecule has 1 aromatic heterocycles. The first kappa shape index (κ1) is 14.1. The number of anilines is 1. The van der Waals surface area contributed by atoms with E-state index >= 15 is 0 Å². The average molecular weight is 319 g/mol. The van der Waals surface area contributed by atoms with Crippen molar-refractivity contribution in [3.8, 4) is 0 Å². The summed E-state index contributed by atoms with van der Waals surface area (Å²) in [4.78, 5) is 10.5. The number of hydrogen-bond acceptors (Lipinski definition) is 7. The van der Waals surface area contributed by atoms with Gasteiger partial charge in [-0.2, -0.15) is 4.80 Å². The monoisotopic (exact) mass is 318 g/mol. The minimum Gasteiger partial charge on any atom is -0.258 e. The predicted molar refractivity (Wildman–Crippen MR) is 67.7 cm³/mol. The quantitative estimate of drug-likeness (QED) is 0.643. The summed E-state index contributed by atoms with van der Waals surface area (Å²) in [7, 11) is -2.70. The Balaban J connectivity index is 2.43. The summed E-state index contributed by atoms with van der Waals surface area (Å²) in [5, 5.41) is 21.0. The lowest BCUT2D eigenvalue weighted by molar-refractivity contribution is -0.385. The van der Waals surface area contributed by atoms with E-state index in [-0.39, 0.29) is 11.0 Å². The van der Waals surface area contributed by atoms with Crippen molar-refractivity contribution in [2.75, 3.05) is 4.72 Å². The molecule has 0 saturated carbocycles. The minimum absolute atomic E-state index is 0.160. The molecule has 106 valence electrons. The maximum Gasteiger partial charge on any atom is 0.277 e. The average Bonchev–Trinajstić information content (AvgIpc) is 2.73. The smallest absolute Gasteiger partial charge is 0.258 e. The van der Waals surface area contributed by atoms with Gasteiger partial charge in [0.05, 0.1) is 17.0 Å². The molecule has 0 unspecified atom stereocenters. The highest BCUT2D eigenvalue weighted by Gasteiger charge is 2.23. The maximum atomic E-state index is 12.1. The summed E-state index contributed by atoms with van der Waals surface area (Å²) in [6.45, 7) is 0. The molecule has 10 nitrogen and oxygen atoms in total. The van der Waals surface area contributed by atoms with Crippen LogP contribution in [-0.4, -0.2) is 33.5 Å². The highest BCUT2D eigenvalue weighted by Crippen LogP contribution is 2.27. The minimum atomic E-state index is -4.15. The van der Waals surface area contributed by atoms with Crippen molar-refractivity contribution >= 4 is 33.3 Å². The van der Waals surface area contributed by atoms with E-state index in [1.807, 2.05) is 4.72 Å². The van der Waals surface area contributed by atoms with Crippen LogP contribution in [0.2, 0.25) is 5.02 Å². The van der Waals surface area contributed by atoms with Gasteiger partial charge >= 0.3 is 0 Å². The summed E-state index contributed by atoms with van der Waals surface area (Å²) in [6, 6.07) is 3.07. The van der Waals surface area contributed by atoms with Crippen molar-refractivity contribution in [2.24, 2.45) is 7.05 Å². The number of aromatic nitrogens is 4. The molecule has 0 radical (unpaired) electrons. The largest absolute Gasteiger partial charge is 0.277 e. The van der Waals surface area contributed by atoms with Crippen LogP contribution in [0.25, 0.3) is 0 Å². The number of nitro groups is 1. The topological polar surface area (TPSA) is 133 Å². The third-order valence-electron chi connectivity index (χ3n) is 2.15. The molecule has 0 bridgehead atoms. The first-order valence-electron chi connectivity index (χ1n) is 5.00. The Labute approximate surface area is 117 Å². The maximum absolute atomic E-state index is 12.1. The van der Waals surface area contributed by atoms with Crippen LogP contribution in [0.3, 0.4) is 0 Å². The molecule has 2 aromatic rings. The second-order valence-corrected chi connectivity index (χ2v) is 5.64. The van der Waals surface area contributed by atoms with Gasteiger partial charge in [0.15, 0.2) is 0 Å². The second kappa shape index (κ2) is 5.02. The molecule has 0 aliphatic heterocycles. The number of nitro benzene ring substituents is 1. The normalized spacial score (nSPS) is 11.3. The molecule has 0 atom stereocenters. The zero-order chi connectivity index (χ0) is 14.9. The van der Waals surface area contributed by atoms with Crippen LogP contribution in [0, 0.1) is 10.1 Å². The van der Waals surface area contributed by atoms with Gasteiger partial charge in [0.1, 0.15) is 4.90 Å². The van der Waals surface area contributed by atoms with Crippen molar-refractivity contribution in [2.45, 2.75) is 4.90 Å². The predicted octanol–water partition coefficient (Wildman–Crippen LogP) is 0.573. The van der Waals surface area contributed by atoms with Crippen molar-refractivity contribution < 1.29 is 13.3 Å². The number of rotatable bonds is 4. The van der Waals surface area contributed by atoms with Gasteiger partial charge in [-0.15, -0.1) is 5.10 Å². The number of halogens is 1. The fraction of sp³-hybridized carbons (Fsp3) is 0.125. The van der Waals surface area contributed by atoms with E-state index in [1.165, 1.54) is 7.05 Å². The van der Waals surface area contributed by atoms with Gasteiger partial charge in [0.25, 0.3) is 21.7 Å². The van der Waals surface area contributed by atoms with Crippen LogP contribution in [0.1, 0.15) is 0 Å². The lowest BCUT2D eigenvalue weighted by atomic mass is 10.3. The van der Waals surface area contributed by atoms with E-state index in [1.54, 1.807) is 0 Å². The third-order valence-corrected chi connectivity index (χ3v) is 3.96. The van der Waals surface area contributed by atoms with Crippen molar-refractivity contribution in [3.63, 3.8) is 0 Å². The summed E-state index contributed by atoms with van der Waals surface area (Å²) in [6.07, 6.45) is 0. The van der Waals surface area contributed by atoms with Crippen molar-refractivity contribution in [1.82, 2.24) is 20.2 Å². The van der Waals surface area contributed by atoms with Crippen LogP contribution in [0.5, 0.6) is 0 Å². The number of aryl methyl sites for hydroxylation is 1. The van der Waals surface area contributed by atoms with Crippen molar-refractivity contribution in [3.05, 3.63) is 33.3 Å². The highest BCUT2D eigenvalue weighted by molar-refractivity contribution is 7.92. The number of benzene rings is 1. The molecule has 0 saturated heterocycles. The molecular formula is C8H7ClN6O4S. The number of nitrogens with one attached hydrogen (secondary N) is 1. The van der Waals surface area contributed by atoms with E-state index in [0.717, 1.165) is 23.0 Å². The van der Waals surface area contributed by atoms with Crippen LogP contribution in [0.15, 0.2) is 23.1 Å². The molecular weight excluding hydrogens is 312 g/mol. The lowest BCUT2D eigenvalue weighted by Crippen LogP contribution is -2.15. The number of sulfonamides is 1. The molecule has 0 fully saturated rings. The summed E-state index contributed by atoms with van der Waals surface area (Å²) in [5.41, 5.74) is -0.401. The Morgan fingerprint density at radius 2 is 2.15 bits per heavy atom. The van der Waals surface area contributed by atoms with E-state index in [9.17, 15) is 18.5 Å². The summed E-state index contributed by atoms with van der Waals surface area (Å²) < 4.78 is 26.2. The molecule has 0 aliphatic carbocycles. The summed E-state index contributed by atoms with van der Waals surface area (Å²) >= 11 is 5.75. The molecule has 0 amide bonds. The molecule has 20 heavy (non-hydrogen) atoms. The fourth-order valence-corrected chi connectivity index (χ4v) is 2.77. The Morgan fingerprint density at radius 1 is 1.45 bits per heavy atom. The number of tetrazole rings is 1. The van der Waals surface area contributed by atoms with Crippen LogP contribution >= 0.6 is 11.6 Å². The van der Waals surface area contributed by atoms with Gasteiger partial charge in [-0.3, -0.25) is 10.1 Å². The van der Waals surface area contributed by atoms with E-state index in [4.69, 9.17) is 11.6 Å². The van der Waals surface area contributed by atoms with E-state index in [0.29, 0.717) is 0 Å². The molecule has 0 aliphatic rings. The second-order valence-electron chi connectivity index (χ2n) is 3.58. The lowest BCUT2D eigenvalue weighted by Gasteiger charge is -2.05. The SMILES string of the molecule is Cn1nnc(NS(=O)(=O)c2cc([N+](=O)[O-])ccc2Cl)n1. The molecule has 1 aromatic carbocycles. The molecule has 0 spiro atoms.